The largest absolute Gasteiger partial charge is 0.451 e. The first-order valence-corrected chi connectivity index (χ1v) is 32.7. The average molecular weight is 1270 g/mol. The number of carbonyl (C=O) groups is 6. The van der Waals surface area contributed by atoms with Crippen molar-refractivity contribution >= 4 is 108 Å². The first-order chi connectivity index (χ1) is 44.2. The van der Waals surface area contributed by atoms with Gasteiger partial charge < -0.3 is 43.2 Å². The second-order valence-electron chi connectivity index (χ2n) is 22.0. The molecule has 476 valence electrons. The highest BCUT2D eigenvalue weighted by molar-refractivity contribution is 7.09. The second-order valence-corrected chi connectivity index (χ2v) is 23.9. The molecule has 22 heteroatoms. The summed E-state index contributed by atoms with van der Waals surface area (Å²) in [7, 11) is 6.69. The molecule has 0 unspecified atom stereocenters. The number of hydrogen-bond acceptors (Lipinski definition) is 15. The monoisotopic (exact) mass is 1270 g/mol. The molecule has 3 aromatic carbocycles. The number of thiazole rings is 1. The fourth-order valence-corrected chi connectivity index (χ4v) is 12.1. The third kappa shape index (κ3) is 16.7. The zero-order valence-corrected chi connectivity index (χ0v) is 54.6. The molecule has 6 amide bonds. The molecule has 0 fully saturated rings. The number of nitrogens with zero attached hydrogens (tertiary/aromatic N) is 11. The number of benzene rings is 3. The van der Waals surface area contributed by atoms with Gasteiger partial charge in [0.15, 0.2) is 11.5 Å². The molecule has 0 atom stereocenters. The van der Waals surface area contributed by atoms with Crippen LogP contribution in [-0.2, 0) is 33.6 Å². The normalized spacial score (nSPS) is 13.8. The van der Waals surface area contributed by atoms with Crippen LogP contribution in [0.25, 0.3) is 49.6 Å². The van der Waals surface area contributed by atoms with Crippen molar-refractivity contribution in [2.75, 3.05) is 74.1 Å². The quantitative estimate of drug-likeness (QED) is 0.0838. The molecule has 9 aromatic rings. The summed E-state index contributed by atoms with van der Waals surface area (Å²) in [4.78, 5) is 95.6. The minimum atomic E-state index is -0.353. The number of hydrogen-bond donors (Lipinski definition) is 1. The highest BCUT2D eigenvalue weighted by atomic mass is 32.1. The van der Waals surface area contributed by atoms with E-state index in [1.807, 2.05) is 121 Å². The molecule has 0 bridgehead atoms. The fraction of sp³-hybridized carbons (Fsp3) is 0.348. The van der Waals surface area contributed by atoms with Crippen LogP contribution in [0.3, 0.4) is 0 Å². The third-order valence-electron chi connectivity index (χ3n) is 15.7. The number of H-pyrrole nitrogens is 1. The molecule has 0 aliphatic carbocycles. The number of aromatic nitrogens is 6. The number of amides is 6. The van der Waals surface area contributed by atoms with Gasteiger partial charge in [-0.2, -0.15) is 10.2 Å². The van der Waals surface area contributed by atoms with Crippen molar-refractivity contribution in [3.8, 4) is 0 Å². The molecule has 0 spiro atoms. The first-order valence-electron chi connectivity index (χ1n) is 30.9. The number of aromatic amines is 1. The van der Waals surface area contributed by atoms with Gasteiger partial charge in [-0.15, -0.1) is 32.9 Å². The summed E-state index contributed by atoms with van der Waals surface area (Å²) in [5.74, 6) is 0.0552. The Balaban J connectivity index is 0.000000262. The fourth-order valence-electron chi connectivity index (χ4n) is 11.0. The summed E-state index contributed by atoms with van der Waals surface area (Å²) >= 11 is 3.02. The molecule has 6 aromatic heterocycles. The highest BCUT2D eigenvalue weighted by Crippen LogP contribution is 2.31. The van der Waals surface area contributed by atoms with Crippen LogP contribution in [0.5, 0.6) is 0 Å². The number of rotatable bonds is 17. The SMILES string of the molecule is CC.CC.CN(C)C(=O)c1cc2cc(C3=CCCN(C(=O)CCc4cccnn4)C3)ccc2o1.CN(CN(C)C(=O)c1cc2cc(C3=CCCN(C(=O)CCc4nncs4)C3)ccc2o1)C(=O)c1cc2ccc(C3=CCCN(C(=O)CCc4nccs4)C3)cc2[nH]1.[HH]. The molecule has 9 heterocycles. The molecular weight excluding hydrogens is 1190 g/mol. The summed E-state index contributed by atoms with van der Waals surface area (Å²) in [5.41, 5.74) is 11.2. The predicted octanol–water partition coefficient (Wildman–Crippen LogP) is 12.0. The summed E-state index contributed by atoms with van der Waals surface area (Å²) in [6.07, 6.45) is 15.3. The van der Waals surface area contributed by atoms with Gasteiger partial charge in [-0.05, 0) is 113 Å². The minimum Gasteiger partial charge on any atom is -0.451 e. The average Bonchev–Trinajstić information content (AvgIpc) is 1.77. The summed E-state index contributed by atoms with van der Waals surface area (Å²) in [5, 5.41) is 22.1. The van der Waals surface area contributed by atoms with Gasteiger partial charge in [-0.1, -0.05) is 70.2 Å². The Morgan fingerprint density at radius 1 is 0.549 bits per heavy atom. The van der Waals surface area contributed by atoms with Crippen LogP contribution in [0.4, 0.5) is 0 Å². The lowest BCUT2D eigenvalue weighted by Gasteiger charge is -2.27. The maximum Gasteiger partial charge on any atom is 0.290 e. The van der Waals surface area contributed by atoms with E-state index in [1.54, 1.807) is 69.6 Å². The van der Waals surface area contributed by atoms with Gasteiger partial charge in [-0.3, -0.25) is 28.8 Å². The van der Waals surface area contributed by atoms with E-state index < -0.39 is 0 Å². The lowest BCUT2D eigenvalue weighted by atomic mass is 9.99. The van der Waals surface area contributed by atoms with Crippen LogP contribution in [0.1, 0.15) is 132 Å². The van der Waals surface area contributed by atoms with Crippen molar-refractivity contribution in [1.29, 1.82) is 0 Å². The van der Waals surface area contributed by atoms with Crippen molar-refractivity contribution < 1.29 is 39.0 Å². The summed E-state index contributed by atoms with van der Waals surface area (Å²) < 4.78 is 11.7. The van der Waals surface area contributed by atoms with Crippen molar-refractivity contribution in [3.05, 3.63) is 176 Å². The summed E-state index contributed by atoms with van der Waals surface area (Å²) in [6.45, 7) is 11.8. The molecule has 12 rings (SSSR count). The zero-order valence-electron chi connectivity index (χ0n) is 52.9. The zero-order chi connectivity index (χ0) is 64.6. The Morgan fingerprint density at radius 3 is 1.59 bits per heavy atom. The lowest BCUT2D eigenvalue weighted by Crippen LogP contribution is -2.40. The van der Waals surface area contributed by atoms with E-state index >= 15 is 0 Å². The Morgan fingerprint density at radius 2 is 1.08 bits per heavy atom. The van der Waals surface area contributed by atoms with Crippen LogP contribution >= 0.6 is 22.7 Å². The van der Waals surface area contributed by atoms with Crippen molar-refractivity contribution in [3.63, 3.8) is 0 Å². The van der Waals surface area contributed by atoms with Gasteiger partial charge in [0, 0.05) is 147 Å². The Labute approximate surface area is 539 Å². The maximum atomic E-state index is 13.6. The molecule has 3 aliphatic rings. The second kappa shape index (κ2) is 31.4. The Hall–Kier alpha value is -9.41. The number of carbonyl (C=O) groups excluding carboxylic acids is 6. The van der Waals surface area contributed by atoms with Gasteiger partial charge in [0.1, 0.15) is 27.4 Å². The molecule has 91 heavy (non-hydrogen) atoms. The summed E-state index contributed by atoms with van der Waals surface area (Å²) in [6, 6.07) is 26.7. The first kappa shape index (κ1) is 66.0. The van der Waals surface area contributed by atoms with Gasteiger partial charge in [0.05, 0.1) is 17.4 Å². The smallest absolute Gasteiger partial charge is 0.290 e. The van der Waals surface area contributed by atoms with E-state index in [1.165, 1.54) is 26.0 Å². The van der Waals surface area contributed by atoms with E-state index in [0.717, 1.165) is 96.6 Å². The van der Waals surface area contributed by atoms with Crippen molar-refractivity contribution in [1.82, 2.24) is 59.8 Å². The van der Waals surface area contributed by atoms with Gasteiger partial charge >= 0.3 is 0 Å². The molecular formula is C69H80N12O8S2. The molecule has 0 saturated carbocycles. The number of nitrogens with one attached hydrogen (secondary N) is 1. The van der Waals surface area contributed by atoms with E-state index in [9.17, 15) is 28.8 Å². The van der Waals surface area contributed by atoms with E-state index in [0.29, 0.717) is 93.9 Å². The highest BCUT2D eigenvalue weighted by Gasteiger charge is 2.26. The van der Waals surface area contributed by atoms with Crippen LogP contribution in [0, 0.1) is 0 Å². The minimum absolute atomic E-state index is 0. The molecule has 0 radical (unpaired) electrons. The van der Waals surface area contributed by atoms with E-state index in [2.05, 4.69) is 48.6 Å². The number of fused-ring (bicyclic) bond motifs is 3. The van der Waals surface area contributed by atoms with Crippen molar-refractivity contribution in [2.45, 2.75) is 85.5 Å². The molecule has 3 aliphatic heterocycles. The van der Waals surface area contributed by atoms with E-state index in [4.69, 9.17) is 8.83 Å². The van der Waals surface area contributed by atoms with Gasteiger partial charge in [0.2, 0.25) is 17.7 Å². The Bertz CT molecular complexity index is 3930. The predicted molar refractivity (Wildman–Crippen MR) is 359 cm³/mol. The standard InChI is InChI=1S/C42H42N8O5S2.C23H24N4O3.2C2H6.H2/c1-47(41(53)34-21-29-8-7-28(20-33(29)45-34)31-6-4-17-50(24-31)39(51)13-11-37-43-15-18-56-37)26-48(2)42(54)36-22-32-19-27(9-10-35(32)55-36)30-5-3-16-49(23-30)40(52)14-12-38-46-44-25-57-38;1-26(2)23(29)21-14-18-13-16(7-9-20(18)30-21)17-5-4-12-27(15-17)22(28)10-8-19-6-3-11-24-25-19;2*1-2;/h5-10,15,18-22,25,45H,3-4,11-14,16-17,23-24,26H2,1-2H3;3,5-7,9,11,13-14H,4,8,10,12,15H2,1-2H3;2*1-2H3;1H. The molecule has 1 N–H and O–H groups in total. The van der Waals surface area contributed by atoms with Crippen LogP contribution in [0.15, 0.2) is 135 Å². The Kier molecular flexibility index (Phi) is 22.8. The lowest BCUT2D eigenvalue weighted by molar-refractivity contribution is -0.131. The van der Waals surface area contributed by atoms with E-state index in [-0.39, 0.29) is 49.3 Å². The van der Waals surface area contributed by atoms with Crippen molar-refractivity contribution in [2.24, 2.45) is 0 Å². The van der Waals surface area contributed by atoms with Crippen LogP contribution < -0.4 is 0 Å². The van der Waals surface area contributed by atoms with Gasteiger partial charge in [0.25, 0.3) is 17.7 Å². The molecule has 0 saturated heterocycles. The number of furan rings is 2. The van der Waals surface area contributed by atoms with Gasteiger partial charge in [-0.25, -0.2) is 4.98 Å². The van der Waals surface area contributed by atoms with Crippen LogP contribution in [0.2, 0.25) is 0 Å². The topological polar surface area (TPSA) is 228 Å². The maximum absolute atomic E-state index is 13.6. The number of aryl methyl sites for hydroxylation is 3. The molecule has 20 nitrogen and oxygen atoms in total. The van der Waals surface area contributed by atoms with Crippen LogP contribution in [-0.4, -0.2) is 169 Å². The third-order valence-corrected chi connectivity index (χ3v) is 17.3.